The molecule has 1 heterocycles. The third-order valence-corrected chi connectivity index (χ3v) is 2.52. The van der Waals surface area contributed by atoms with Crippen LogP contribution in [-0.4, -0.2) is 34.6 Å². The van der Waals surface area contributed by atoms with Gasteiger partial charge in [-0.1, -0.05) is 0 Å². The van der Waals surface area contributed by atoms with Crippen molar-refractivity contribution >= 4 is 29.1 Å². The van der Waals surface area contributed by atoms with Gasteiger partial charge in [-0.3, -0.25) is 0 Å². The lowest BCUT2D eigenvalue weighted by Crippen LogP contribution is -2.41. The first kappa shape index (κ1) is 7.15. The van der Waals surface area contributed by atoms with Crippen molar-refractivity contribution in [3.8, 4) is 0 Å². The Morgan fingerprint density at radius 3 is 2.33 bits per heavy atom. The molecule has 0 aromatic rings. The molecule has 1 fully saturated rings. The third kappa shape index (κ3) is 2.02. The molecule has 4 heteroatoms. The maximum Gasteiger partial charge on any atom is 0.166 e. The molecule has 2 nitrogen and oxygen atoms in total. The summed E-state index contributed by atoms with van der Waals surface area (Å²) in [6.45, 7) is 2.06. The lowest BCUT2D eigenvalue weighted by Gasteiger charge is -2.26. The Labute approximate surface area is 64.8 Å². The maximum atomic E-state index is 5.42. The van der Waals surface area contributed by atoms with Gasteiger partial charge < -0.3 is 10.6 Å². The first-order valence-electron chi connectivity index (χ1n) is 2.93. The molecule has 0 aromatic heterocycles. The number of nitrogens with two attached hydrogens (primary N) is 1. The largest absolute Gasteiger partial charge is 0.376 e. The summed E-state index contributed by atoms with van der Waals surface area (Å²) < 4.78 is 0. The zero-order chi connectivity index (χ0) is 6.69. The Bertz CT molecular complexity index is 110. The summed E-state index contributed by atoms with van der Waals surface area (Å²) in [6.07, 6.45) is 0. The van der Waals surface area contributed by atoms with E-state index in [9.17, 15) is 0 Å². The molecule has 0 aliphatic carbocycles. The van der Waals surface area contributed by atoms with Crippen molar-refractivity contribution in [2.45, 2.75) is 0 Å². The first-order valence-corrected chi connectivity index (χ1v) is 4.49. The predicted octanol–water partition coefficient (Wildman–Crippen LogP) is 0.279. The summed E-state index contributed by atoms with van der Waals surface area (Å²) >= 11 is 6.77. The summed E-state index contributed by atoms with van der Waals surface area (Å²) in [7, 11) is 0. The molecule has 9 heavy (non-hydrogen) atoms. The van der Waals surface area contributed by atoms with Gasteiger partial charge in [0.2, 0.25) is 0 Å². The molecule has 0 atom stereocenters. The second-order valence-corrected chi connectivity index (χ2v) is 3.58. The van der Waals surface area contributed by atoms with Crippen molar-refractivity contribution in [2.75, 3.05) is 24.6 Å². The van der Waals surface area contributed by atoms with Crippen LogP contribution >= 0.6 is 24.0 Å². The van der Waals surface area contributed by atoms with Gasteiger partial charge in [0.15, 0.2) is 5.11 Å². The SMILES string of the molecule is NC(=S)N1CCSCC1. The van der Waals surface area contributed by atoms with Crippen molar-refractivity contribution in [1.82, 2.24) is 4.90 Å². The maximum absolute atomic E-state index is 5.42. The zero-order valence-electron chi connectivity index (χ0n) is 5.17. The van der Waals surface area contributed by atoms with E-state index in [-0.39, 0.29) is 0 Å². The van der Waals surface area contributed by atoms with Gasteiger partial charge in [0.1, 0.15) is 0 Å². The number of thioether (sulfide) groups is 1. The van der Waals surface area contributed by atoms with Gasteiger partial charge >= 0.3 is 0 Å². The summed E-state index contributed by atoms with van der Waals surface area (Å²) in [5.74, 6) is 2.33. The molecule has 0 amide bonds. The number of hydrogen-bond donors (Lipinski definition) is 1. The smallest absolute Gasteiger partial charge is 0.166 e. The second-order valence-electron chi connectivity index (χ2n) is 1.94. The van der Waals surface area contributed by atoms with E-state index >= 15 is 0 Å². The highest BCUT2D eigenvalue weighted by Gasteiger charge is 2.09. The second kappa shape index (κ2) is 3.27. The van der Waals surface area contributed by atoms with E-state index in [4.69, 9.17) is 18.0 Å². The molecular weight excluding hydrogens is 152 g/mol. The lowest BCUT2D eigenvalue weighted by molar-refractivity contribution is 0.467. The van der Waals surface area contributed by atoms with E-state index < -0.39 is 0 Å². The fourth-order valence-corrected chi connectivity index (χ4v) is 1.87. The van der Waals surface area contributed by atoms with Crippen molar-refractivity contribution < 1.29 is 0 Å². The van der Waals surface area contributed by atoms with Crippen LogP contribution in [0.1, 0.15) is 0 Å². The van der Waals surface area contributed by atoms with Crippen LogP contribution in [0, 0.1) is 0 Å². The Morgan fingerprint density at radius 1 is 1.44 bits per heavy atom. The number of rotatable bonds is 0. The van der Waals surface area contributed by atoms with Crippen molar-refractivity contribution in [1.29, 1.82) is 0 Å². The Balaban J connectivity index is 2.31. The van der Waals surface area contributed by atoms with Gasteiger partial charge in [-0.05, 0) is 12.2 Å². The van der Waals surface area contributed by atoms with Gasteiger partial charge in [-0.25, -0.2) is 0 Å². The van der Waals surface area contributed by atoms with Gasteiger partial charge in [0.05, 0.1) is 0 Å². The number of nitrogens with zero attached hydrogens (tertiary/aromatic N) is 1. The molecule has 1 aliphatic rings. The van der Waals surface area contributed by atoms with Crippen molar-refractivity contribution in [3.05, 3.63) is 0 Å². The van der Waals surface area contributed by atoms with E-state index in [1.807, 2.05) is 16.7 Å². The minimum atomic E-state index is 0.551. The minimum absolute atomic E-state index is 0.551. The van der Waals surface area contributed by atoms with Crippen LogP contribution in [0.2, 0.25) is 0 Å². The zero-order valence-corrected chi connectivity index (χ0v) is 6.80. The minimum Gasteiger partial charge on any atom is -0.376 e. The summed E-state index contributed by atoms with van der Waals surface area (Å²) in [5, 5.41) is 0.551. The average molecular weight is 162 g/mol. The van der Waals surface area contributed by atoms with Gasteiger partial charge in [-0.2, -0.15) is 11.8 Å². The normalized spacial score (nSPS) is 19.8. The molecule has 2 N–H and O–H groups in total. The van der Waals surface area contributed by atoms with E-state index in [1.165, 1.54) is 0 Å². The van der Waals surface area contributed by atoms with Crippen LogP contribution in [0.5, 0.6) is 0 Å². The van der Waals surface area contributed by atoms with Crippen LogP contribution in [0.15, 0.2) is 0 Å². The predicted molar refractivity (Wildman–Crippen MR) is 45.7 cm³/mol. The van der Waals surface area contributed by atoms with Gasteiger partial charge in [0, 0.05) is 24.6 Å². The van der Waals surface area contributed by atoms with Crippen molar-refractivity contribution in [3.63, 3.8) is 0 Å². The molecule has 1 rings (SSSR count). The molecule has 0 unspecified atom stereocenters. The van der Waals surface area contributed by atoms with E-state index in [1.54, 1.807) is 0 Å². The topological polar surface area (TPSA) is 29.3 Å². The van der Waals surface area contributed by atoms with Gasteiger partial charge in [0.25, 0.3) is 0 Å². The molecular formula is C5H10N2S2. The van der Waals surface area contributed by atoms with Crippen LogP contribution in [0.25, 0.3) is 0 Å². The fraction of sp³-hybridized carbons (Fsp3) is 0.800. The third-order valence-electron chi connectivity index (χ3n) is 1.32. The molecule has 1 saturated heterocycles. The summed E-state index contributed by atoms with van der Waals surface area (Å²) in [6, 6.07) is 0. The summed E-state index contributed by atoms with van der Waals surface area (Å²) in [4.78, 5) is 2.05. The Kier molecular flexibility index (Phi) is 2.60. The van der Waals surface area contributed by atoms with E-state index in [0.717, 1.165) is 24.6 Å². The molecule has 52 valence electrons. The number of thiocarbonyl (C=S) groups is 1. The highest BCUT2D eigenvalue weighted by molar-refractivity contribution is 7.99. The van der Waals surface area contributed by atoms with Gasteiger partial charge in [-0.15, -0.1) is 0 Å². The Morgan fingerprint density at radius 2 is 2.00 bits per heavy atom. The van der Waals surface area contributed by atoms with Crippen molar-refractivity contribution in [2.24, 2.45) is 5.73 Å². The highest BCUT2D eigenvalue weighted by Crippen LogP contribution is 2.07. The van der Waals surface area contributed by atoms with Crippen LogP contribution < -0.4 is 5.73 Å². The molecule has 0 aromatic carbocycles. The fourth-order valence-electron chi connectivity index (χ4n) is 0.784. The van der Waals surface area contributed by atoms with E-state index in [0.29, 0.717) is 5.11 Å². The standard InChI is InChI=1S/C5H10N2S2/c6-5(8)7-1-3-9-4-2-7/h1-4H2,(H2,6,8). The monoisotopic (exact) mass is 162 g/mol. The molecule has 0 spiro atoms. The Hall–Kier alpha value is 0.0400. The number of hydrogen-bond acceptors (Lipinski definition) is 2. The van der Waals surface area contributed by atoms with Crippen LogP contribution in [0.4, 0.5) is 0 Å². The molecule has 0 radical (unpaired) electrons. The lowest BCUT2D eigenvalue weighted by atomic mass is 10.5. The average Bonchev–Trinajstić information content (AvgIpc) is 1.90. The quantitative estimate of drug-likeness (QED) is 0.518. The molecule has 0 bridgehead atoms. The van der Waals surface area contributed by atoms with Crippen LogP contribution in [0.3, 0.4) is 0 Å². The summed E-state index contributed by atoms with van der Waals surface area (Å²) in [5.41, 5.74) is 5.42. The highest BCUT2D eigenvalue weighted by atomic mass is 32.2. The molecule has 0 saturated carbocycles. The first-order chi connectivity index (χ1) is 4.30. The van der Waals surface area contributed by atoms with E-state index in [2.05, 4.69) is 0 Å². The van der Waals surface area contributed by atoms with Crippen LogP contribution in [-0.2, 0) is 0 Å². The molecule has 1 aliphatic heterocycles.